The molecule has 2 aliphatic heterocycles. The highest BCUT2D eigenvalue weighted by Crippen LogP contribution is 2.34. The second kappa shape index (κ2) is 10.3. The van der Waals surface area contributed by atoms with Crippen LogP contribution in [-0.2, 0) is 15.3 Å². The van der Waals surface area contributed by atoms with Crippen molar-refractivity contribution in [1.82, 2.24) is 9.80 Å². The zero-order valence-electron chi connectivity index (χ0n) is 17.5. The van der Waals surface area contributed by atoms with Crippen molar-refractivity contribution >= 4 is 51.1 Å². The van der Waals surface area contributed by atoms with Gasteiger partial charge in [-0.15, -0.1) is 0 Å². The molecule has 1 fully saturated rings. The molecule has 2 aliphatic rings. The van der Waals surface area contributed by atoms with Gasteiger partial charge in [0.05, 0.1) is 18.0 Å². The summed E-state index contributed by atoms with van der Waals surface area (Å²) in [6.45, 7) is 5.09. The summed E-state index contributed by atoms with van der Waals surface area (Å²) < 4.78 is 0.957. The normalized spacial score (nSPS) is 16.4. The lowest BCUT2D eigenvalue weighted by atomic mass is 10.2. The third-order valence-corrected chi connectivity index (χ3v) is 7.53. The van der Waals surface area contributed by atoms with Crippen LogP contribution in [0, 0.1) is 6.92 Å². The van der Waals surface area contributed by atoms with Crippen molar-refractivity contribution in [2.24, 2.45) is 4.99 Å². The molecule has 1 N–H and O–H groups in total. The molecule has 6 nitrogen and oxygen atoms in total. The number of fused-ring (bicyclic) bond motifs is 1. The maximum absolute atomic E-state index is 12.6. The highest BCUT2D eigenvalue weighted by molar-refractivity contribution is 8.38. The molecule has 1 saturated heterocycles. The quantitative estimate of drug-likeness (QED) is 0.746. The molecule has 2 amide bonds. The molecule has 0 aromatic heterocycles. The smallest absolute Gasteiger partial charge is 0.238 e. The van der Waals surface area contributed by atoms with Crippen LogP contribution in [0.4, 0.5) is 11.4 Å². The van der Waals surface area contributed by atoms with E-state index in [1.165, 1.54) is 17.3 Å². The number of carbonyl (C=O) groups is 2. The molecule has 0 atom stereocenters. The molecule has 0 radical (unpaired) electrons. The van der Waals surface area contributed by atoms with Gasteiger partial charge in [-0.05, 0) is 30.7 Å². The fourth-order valence-corrected chi connectivity index (χ4v) is 5.46. The van der Waals surface area contributed by atoms with E-state index in [0.29, 0.717) is 38.5 Å². The number of para-hydroxylation sites is 1. The first-order chi connectivity index (χ1) is 15.1. The van der Waals surface area contributed by atoms with E-state index < -0.39 is 0 Å². The van der Waals surface area contributed by atoms with Crippen molar-refractivity contribution in [2.45, 2.75) is 12.7 Å². The number of rotatable bonds is 5. The predicted octanol–water partition coefficient (Wildman–Crippen LogP) is 3.75. The molecule has 0 spiro atoms. The Hall–Kier alpha value is -2.29. The number of piperazine rings is 1. The molecule has 162 valence electrons. The number of aryl methyl sites for hydroxylation is 1. The van der Waals surface area contributed by atoms with Gasteiger partial charge in [-0.2, -0.15) is 0 Å². The van der Waals surface area contributed by atoms with Crippen molar-refractivity contribution in [1.29, 1.82) is 0 Å². The van der Waals surface area contributed by atoms with E-state index in [9.17, 15) is 9.59 Å². The van der Waals surface area contributed by atoms with E-state index >= 15 is 0 Å². The first kappa shape index (κ1) is 21.9. The van der Waals surface area contributed by atoms with E-state index in [1.807, 2.05) is 54.3 Å². The summed E-state index contributed by atoms with van der Waals surface area (Å²) in [5, 5.41) is 2.93. The number of hydrogen-bond donors (Lipinski definition) is 1. The monoisotopic (exact) mass is 454 g/mol. The predicted molar refractivity (Wildman–Crippen MR) is 130 cm³/mol. The summed E-state index contributed by atoms with van der Waals surface area (Å²) in [4.78, 5) is 33.6. The summed E-state index contributed by atoms with van der Waals surface area (Å²) in [6, 6.07) is 15.9. The Labute approximate surface area is 191 Å². The number of hydrogen-bond acceptors (Lipinski definition) is 6. The summed E-state index contributed by atoms with van der Waals surface area (Å²) >= 11 is 3.21. The largest absolute Gasteiger partial charge is 0.339 e. The Bertz CT molecular complexity index is 970. The van der Waals surface area contributed by atoms with Crippen LogP contribution < -0.4 is 5.32 Å². The van der Waals surface area contributed by atoms with E-state index in [2.05, 4.69) is 21.3 Å². The first-order valence-electron chi connectivity index (χ1n) is 10.4. The number of anilines is 1. The van der Waals surface area contributed by atoms with E-state index in [-0.39, 0.29) is 11.8 Å². The van der Waals surface area contributed by atoms with Crippen molar-refractivity contribution < 1.29 is 9.59 Å². The SMILES string of the molecule is Cc1ccc(NC(=O)CN2CCN(C(=O)CSC3=Nc4ccccc4CS3)CC2)cc1. The van der Waals surface area contributed by atoms with E-state index in [0.717, 1.165) is 27.1 Å². The van der Waals surface area contributed by atoms with Crippen molar-refractivity contribution in [3.63, 3.8) is 0 Å². The third-order valence-electron chi connectivity index (χ3n) is 5.30. The highest BCUT2D eigenvalue weighted by Gasteiger charge is 2.23. The van der Waals surface area contributed by atoms with E-state index in [4.69, 9.17) is 0 Å². The molecule has 4 rings (SSSR count). The standard InChI is InChI=1S/C23H26N4O2S2/c1-17-6-8-19(9-7-17)24-21(28)14-26-10-12-27(13-11-26)22(29)16-31-23-25-20-5-3-2-4-18(20)15-30-23/h2-9H,10-16H2,1H3,(H,24,28). The van der Waals surface area contributed by atoms with Crippen molar-refractivity contribution in [2.75, 3.05) is 43.8 Å². The van der Waals surface area contributed by atoms with Crippen molar-refractivity contribution in [3.05, 3.63) is 59.7 Å². The maximum Gasteiger partial charge on any atom is 0.238 e. The van der Waals surface area contributed by atoms with Gasteiger partial charge in [-0.3, -0.25) is 14.5 Å². The molecule has 2 aromatic carbocycles. The minimum absolute atomic E-state index is 0.0215. The third kappa shape index (κ3) is 6.12. The van der Waals surface area contributed by atoms with Gasteiger partial charge in [0.2, 0.25) is 11.8 Å². The van der Waals surface area contributed by atoms with Crippen LogP contribution in [0.5, 0.6) is 0 Å². The maximum atomic E-state index is 12.6. The Morgan fingerprint density at radius 2 is 1.81 bits per heavy atom. The molecule has 2 heterocycles. The highest BCUT2D eigenvalue weighted by atomic mass is 32.2. The van der Waals surface area contributed by atoms with Gasteiger partial charge in [-0.25, -0.2) is 4.99 Å². The summed E-state index contributed by atoms with van der Waals surface area (Å²) in [7, 11) is 0. The van der Waals surface area contributed by atoms with Crippen LogP contribution in [0.1, 0.15) is 11.1 Å². The fraction of sp³-hybridized carbons (Fsp3) is 0.348. The number of aliphatic imine (C=N–C) groups is 1. The Balaban J connectivity index is 1.19. The Kier molecular flexibility index (Phi) is 7.32. The molecular formula is C23H26N4O2S2. The second-order valence-electron chi connectivity index (χ2n) is 7.65. The van der Waals surface area contributed by atoms with Gasteiger partial charge in [-0.1, -0.05) is 59.4 Å². The van der Waals surface area contributed by atoms with Crippen LogP contribution in [-0.4, -0.2) is 64.5 Å². The summed E-state index contributed by atoms with van der Waals surface area (Å²) in [6.07, 6.45) is 0. The molecule has 2 aromatic rings. The van der Waals surface area contributed by atoms with Gasteiger partial charge >= 0.3 is 0 Å². The Morgan fingerprint density at radius 3 is 2.58 bits per heavy atom. The first-order valence-corrected chi connectivity index (χ1v) is 12.3. The molecular weight excluding hydrogens is 428 g/mol. The van der Waals surface area contributed by atoms with Crippen LogP contribution in [0.15, 0.2) is 53.5 Å². The minimum Gasteiger partial charge on any atom is -0.339 e. The zero-order chi connectivity index (χ0) is 21.6. The lowest BCUT2D eigenvalue weighted by Gasteiger charge is -2.34. The molecule has 0 bridgehead atoms. The topological polar surface area (TPSA) is 65.0 Å². The lowest BCUT2D eigenvalue weighted by Crippen LogP contribution is -2.51. The van der Waals surface area contributed by atoms with Crippen LogP contribution in [0.2, 0.25) is 0 Å². The molecule has 0 unspecified atom stereocenters. The van der Waals surface area contributed by atoms with Crippen LogP contribution in [0.3, 0.4) is 0 Å². The Morgan fingerprint density at radius 1 is 1.06 bits per heavy atom. The van der Waals surface area contributed by atoms with E-state index in [1.54, 1.807) is 11.8 Å². The molecule has 0 aliphatic carbocycles. The van der Waals surface area contributed by atoms with Gasteiger partial charge < -0.3 is 10.2 Å². The number of thioether (sulfide) groups is 2. The lowest BCUT2D eigenvalue weighted by molar-refractivity contribution is -0.130. The van der Waals surface area contributed by atoms with Gasteiger partial charge in [0.25, 0.3) is 0 Å². The number of nitrogens with zero attached hydrogens (tertiary/aromatic N) is 3. The molecule has 31 heavy (non-hydrogen) atoms. The second-order valence-corrected chi connectivity index (χ2v) is 9.84. The van der Waals surface area contributed by atoms with Crippen LogP contribution >= 0.6 is 23.5 Å². The number of benzene rings is 2. The van der Waals surface area contributed by atoms with Crippen molar-refractivity contribution in [3.8, 4) is 0 Å². The average Bonchev–Trinajstić information content (AvgIpc) is 2.79. The summed E-state index contributed by atoms with van der Waals surface area (Å²) in [5.74, 6) is 1.42. The number of amides is 2. The van der Waals surface area contributed by atoms with Gasteiger partial charge in [0.1, 0.15) is 4.38 Å². The zero-order valence-corrected chi connectivity index (χ0v) is 19.2. The summed E-state index contributed by atoms with van der Waals surface area (Å²) in [5.41, 5.74) is 4.22. The minimum atomic E-state index is -0.0215. The van der Waals surface area contributed by atoms with Crippen LogP contribution in [0.25, 0.3) is 0 Å². The number of carbonyl (C=O) groups excluding carboxylic acids is 2. The molecule has 8 heteroatoms. The average molecular weight is 455 g/mol. The fourth-order valence-electron chi connectivity index (χ4n) is 3.50. The molecule has 0 saturated carbocycles. The number of nitrogens with one attached hydrogen (secondary N) is 1. The van der Waals surface area contributed by atoms with Gasteiger partial charge in [0, 0.05) is 37.6 Å². The van der Waals surface area contributed by atoms with Gasteiger partial charge in [0.15, 0.2) is 0 Å².